The number of hydrogen-bond donors (Lipinski definition) is 1. The van der Waals surface area contributed by atoms with E-state index in [-0.39, 0.29) is 24.4 Å². The molecule has 0 aliphatic carbocycles. The van der Waals surface area contributed by atoms with Crippen molar-refractivity contribution in [2.24, 2.45) is 11.7 Å². The Bertz CT molecular complexity index is 521. The molecule has 2 rings (SSSR count). The van der Waals surface area contributed by atoms with Crippen LogP contribution in [0.3, 0.4) is 0 Å². The Kier molecular flexibility index (Phi) is 7.64. The van der Waals surface area contributed by atoms with Gasteiger partial charge in [0.25, 0.3) is 5.91 Å². The molecular formula is C16H24BrClN2O3. The number of nitrogens with zero attached hydrogens (tertiary/aromatic N) is 1. The predicted molar refractivity (Wildman–Crippen MR) is 96.8 cm³/mol. The monoisotopic (exact) mass is 406 g/mol. The molecule has 7 heteroatoms. The van der Waals surface area contributed by atoms with E-state index in [2.05, 4.69) is 15.9 Å². The van der Waals surface area contributed by atoms with Crippen LogP contribution in [-0.2, 0) is 0 Å². The summed E-state index contributed by atoms with van der Waals surface area (Å²) in [5.74, 6) is 1.69. The van der Waals surface area contributed by atoms with E-state index in [9.17, 15) is 4.79 Å². The molecule has 1 heterocycles. The minimum absolute atomic E-state index is 0. The number of carbonyl (C=O) groups excluding carboxylic acids is 1. The van der Waals surface area contributed by atoms with Gasteiger partial charge in [-0.3, -0.25) is 4.79 Å². The van der Waals surface area contributed by atoms with Crippen molar-refractivity contribution in [3.63, 3.8) is 0 Å². The minimum atomic E-state index is 0. The summed E-state index contributed by atoms with van der Waals surface area (Å²) in [7, 11) is 3.14. The lowest BCUT2D eigenvalue weighted by atomic mass is 9.90. The number of likely N-dealkylation sites (tertiary alicyclic amines) is 1. The van der Waals surface area contributed by atoms with Crippen molar-refractivity contribution in [3.8, 4) is 11.5 Å². The van der Waals surface area contributed by atoms with Gasteiger partial charge < -0.3 is 20.1 Å². The molecule has 0 radical (unpaired) electrons. The molecule has 2 N–H and O–H groups in total. The number of amides is 1. The maximum Gasteiger partial charge on any atom is 0.254 e. The highest BCUT2D eigenvalue weighted by Gasteiger charge is 2.26. The van der Waals surface area contributed by atoms with Gasteiger partial charge in [-0.25, -0.2) is 0 Å². The van der Waals surface area contributed by atoms with Crippen LogP contribution < -0.4 is 15.2 Å². The number of rotatable bonds is 4. The smallest absolute Gasteiger partial charge is 0.254 e. The van der Waals surface area contributed by atoms with Crippen LogP contribution in [-0.4, -0.2) is 44.2 Å². The molecular weight excluding hydrogens is 384 g/mol. The van der Waals surface area contributed by atoms with E-state index in [0.29, 0.717) is 27.5 Å². The number of halogens is 2. The molecule has 1 aliphatic heterocycles. The Morgan fingerprint density at radius 1 is 1.26 bits per heavy atom. The Hall–Kier alpha value is -0.980. The number of ether oxygens (including phenoxy) is 2. The Labute approximate surface area is 152 Å². The normalized spacial score (nSPS) is 16.5. The summed E-state index contributed by atoms with van der Waals surface area (Å²) in [6.07, 6.45) is 1.91. The van der Waals surface area contributed by atoms with E-state index in [1.54, 1.807) is 26.4 Å². The van der Waals surface area contributed by atoms with Crippen LogP contribution in [0.25, 0.3) is 0 Å². The molecule has 0 aromatic heterocycles. The fourth-order valence-corrected chi connectivity index (χ4v) is 3.36. The predicted octanol–water partition coefficient (Wildman–Crippen LogP) is 3.09. The van der Waals surface area contributed by atoms with Crippen LogP contribution >= 0.6 is 28.3 Å². The van der Waals surface area contributed by atoms with E-state index in [1.807, 2.05) is 11.8 Å². The first kappa shape index (κ1) is 20.1. The van der Waals surface area contributed by atoms with Gasteiger partial charge in [-0.15, -0.1) is 12.4 Å². The van der Waals surface area contributed by atoms with Crippen LogP contribution in [0.15, 0.2) is 16.6 Å². The van der Waals surface area contributed by atoms with Crippen LogP contribution in [0, 0.1) is 5.92 Å². The lowest BCUT2D eigenvalue weighted by Crippen LogP contribution is -2.42. The number of carbonyl (C=O) groups is 1. The lowest BCUT2D eigenvalue weighted by molar-refractivity contribution is 0.0680. The van der Waals surface area contributed by atoms with E-state index >= 15 is 0 Å². The molecule has 1 amide bonds. The van der Waals surface area contributed by atoms with Gasteiger partial charge in [-0.1, -0.05) is 0 Å². The van der Waals surface area contributed by atoms with Gasteiger partial charge in [0.15, 0.2) is 0 Å². The first-order chi connectivity index (χ1) is 10.5. The molecule has 1 aromatic rings. The standard InChI is InChI=1S/C16H23BrN2O3.ClH/c1-10(18)11-4-6-19(7-5-11)16(20)12-8-13(21-2)15(17)14(9-12)22-3;/h8-11H,4-7,18H2,1-3H3;1H. The highest BCUT2D eigenvalue weighted by atomic mass is 79.9. The number of methoxy groups -OCH3 is 2. The average molecular weight is 408 g/mol. The van der Waals surface area contributed by atoms with Crippen molar-refractivity contribution < 1.29 is 14.3 Å². The molecule has 1 saturated heterocycles. The third kappa shape index (κ3) is 4.52. The molecule has 1 aromatic carbocycles. The second-order valence-corrected chi connectivity index (χ2v) is 6.48. The van der Waals surface area contributed by atoms with Gasteiger partial charge in [-0.05, 0) is 53.7 Å². The van der Waals surface area contributed by atoms with Crippen LogP contribution in [0.5, 0.6) is 11.5 Å². The van der Waals surface area contributed by atoms with Gasteiger partial charge in [0, 0.05) is 24.7 Å². The Balaban J connectivity index is 0.00000264. The molecule has 0 saturated carbocycles. The third-order valence-electron chi connectivity index (χ3n) is 4.26. The van der Waals surface area contributed by atoms with Gasteiger partial charge in [-0.2, -0.15) is 0 Å². The van der Waals surface area contributed by atoms with Crippen molar-refractivity contribution in [1.82, 2.24) is 4.90 Å². The van der Waals surface area contributed by atoms with Gasteiger partial charge in [0.1, 0.15) is 16.0 Å². The lowest BCUT2D eigenvalue weighted by Gasteiger charge is -2.33. The number of piperidine rings is 1. The van der Waals surface area contributed by atoms with Crippen molar-refractivity contribution in [1.29, 1.82) is 0 Å². The van der Waals surface area contributed by atoms with E-state index in [0.717, 1.165) is 25.9 Å². The zero-order valence-electron chi connectivity index (χ0n) is 13.7. The second-order valence-electron chi connectivity index (χ2n) is 5.68. The molecule has 1 fully saturated rings. The molecule has 1 atom stereocenters. The second kappa shape index (κ2) is 8.76. The van der Waals surface area contributed by atoms with Gasteiger partial charge in [0.05, 0.1) is 14.2 Å². The molecule has 5 nitrogen and oxygen atoms in total. The Morgan fingerprint density at radius 2 is 1.74 bits per heavy atom. The highest BCUT2D eigenvalue weighted by molar-refractivity contribution is 9.10. The number of hydrogen-bond acceptors (Lipinski definition) is 4. The summed E-state index contributed by atoms with van der Waals surface area (Å²) in [4.78, 5) is 14.6. The Morgan fingerprint density at radius 3 is 2.13 bits per heavy atom. The first-order valence-corrected chi connectivity index (χ1v) is 8.23. The molecule has 130 valence electrons. The zero-order valence-corrected chi connectivity index (χ0v) is 16.1. The van der Waals surface area contributed by atoms with Gasteiger partial charge in [0.2, 0.25) is 0 Å². The summed E-state index contributed by atoms with van der Waals surface area (Å²) in [5.41, 5.74) is 6.53. The summed E-state index contributed by atoms with van der Waals surface area (Å²) in [5, 5.41) is 0. The van der Waals surface area contributed by atoms with Crippen molar-refractivity contribution >= 4 is 34.2 Å². The zero-order chi connectivity index (χ0) is 16.3. The van der Waals surface area contributed by atoms with Crippen molar-refractivity contribution in [2.75, 3.05) is 27.3 Å². The molecule has 0 spiro atoms. The maximum atomic E-state index is 12.7. The van der Waals surface area contributed by atoms with Gasteiger partial charge >= 0.3 is 0 Å². The fraction of sp³-hybridized carbons (Fsp3) is 0.562. The highest BCUT2D eigenvalue weighted by Crippen LogP contribution is 2.36. The van der Waals surface area contributed by atoms with Crippen molar-refractivity contribution in [3.05, 3.63) is 22.2 Å². The van der Waals surface area contributed by atoms with E-state index in [1.165, 1.54) is 0 Å². The van der Waals surface area contributed by atoms with E-state index < -0.39 is 0 Å². The van der Waals surface area contributed by atoms with Crippen LogP contribution in [0.1, 0.15) is 30.1 Å². The fourth-order valence-electron chi connectivity index (χ4n) is 2.80. The molecule has 1 unspecified atom stereocenters. The number of nitrogens with two attached hydrogens (primary N) is 1. The number of benzene rings is 1. The minimum Gasteiger partial charge on any atom is -0.495 e. The quantitative estimate of drug-likeness (QED) is 0.833. The third-order valence-corrected chi connectivity index (χ3v) is 5.04. The average Bonchev–Trinajstić information content (AvgIpc) is 2.54. The van der Waals surface area contributed by atoms with Crippen molar-refractivity contribution in [2.45, 2.75) is 25.8 Å². The summed E-state index contributed by atoms with van der Waals surface area (Å²) in [6.45, 7) is 3.52. The summed E-state index contributed by atoms with van der Waals surface area (Å²) in [6, 6.07) is 3.67. The molecule has 1 aliphatic rings. The van der Waals surface area contributed by atoms with Crippen LogP contribution in [0.4, 0.5) is 0 Å². The van der Waals surface area contributed by atoms with E-state index in [4.69, 9.17) is 15.2 Å². The summed E-state index contributed by atoms with van der Waals surface area (Å²) >= 11 is 3.42. The van der Waals surface area contributed by atoms with Crippen LogP contribution in [0.2, 0.25) is 0 Å². The summed E-state index contributed by atoms with van der Waals surface area (Å²) < 4.78 is 11.3. The topological polar surface area (TPSA) is 64.8 Å². The maximum absolute atomic E-state index is 12.7. The largest absolute Gasteiger partial charge is 0.495 e. The molecule has 0 bridgehead atoms. The molecule has 23 heavy (non-hydrogen) atoms. The first-order valence-electron chi connectivity index (χ1n) is 7.44. The SMILES string of the molecule is COc1cc(C(=O)N2CCC(C(C)N)CC2)cc(OC)c1Br.Cl.